The quantitative estimate of drug-likeness (QED) is 0.456. The maximum absolute atomic E-state index is 10.7. The van der Waals surface area contributed by atoms with Gasteiger partial charge in [0.25, 0.3) is 0 Å². The molecule has 3 nitrogen and oxygen atoms in total. The van der Waals surface area contributed by atoms with E-state index < -0.39 is 0 Å². The molecule has 1 N–H and O–H groups in total. The second kappa shape index (κ2) is 18.3. The zero-order valence-electron chi connectivity index (χ0n) is 15.4. The molecule has 1 aromatic carbocycles. The van der Waals surface area contributed by atoms with Gasteiger partial charge in [-0.05, 0) is 23.1 Å². The first-order chi connectivity index (χ1) is 9.79. The zero-order chi connectivity index (χ0) is 16.2. The third-order valence-corrected chi connectivity index (χ3v) is 5.26. The number of phenolic OH excluding ortho intramolecular Hbond substituents is 1. The summed E-state index contributed by atoms with van der Waals surface area (Å²) in [5, 5.41) is 10.7. The topological polar surface area (TPSA) is 26.7 Å². The van der Waals surface area contributed by atoms with Crippen molar-refractivity contribution in [3.8, 4) is 5.75 Å². The summed E-state index contributed by atoms with van der Waals surface area (Å²) >= 11 is 0. The van der Waals surface area contributed by atoms with Crippen molar-refractivity contribution in [3.05, 3.63) is 17.7 Å². The van der Waals surface area contributed by atoms with Crippen LogP contribution in [0.2, 0.25) is 0 Å². The minimum Gasteiger partial charge on any atom is -0.504 e. The van der Waals surface area contributed by atoms with E-state index in [1.54, 1.807) is 0 Å². The van der Waals surface area contributed by atoms with Crippen LogP contribution in [0.1, 0.15) is 26.3 Å². The molecule has 0 saturated carbocycles. The van der Waals surface area contributed by atoms with Crippen molar-refractivity contribution in [2.24, 2.45) is 0 Å². The van der Waals surface area contributed by atoms with Crippen LogP contribution < -0.4 is 9.80 Å². The number of nitrogens with zero attached hydrogens (tertiary/aromatic N) is 2. The van der Waals surface area contributed by atoms with Crippen LogP contribution in [0.3, 0.4) is 0 Å². The molecule has 4 radical (unpaired) electrons. The molecule has 4 unspecified atom stereocenters. The van der Waals surface area contributed by atoms with E-state index in [1.165, 1.54) is 5.56 Å². The van der Waals surface area contributed by atoms with E-state index in [-0.39, 0.29) is 136 Å². The summed E-state index contributed by atoms with van der Waals surface area (Å²) < 4.78 is 0. The molecule has 0 aliphatic carbocycles. The molecule has 0 aliphatic rings. The molecule has 0 aliphatic heterocycles. The Morgan fingerprint density at radius 2 is 1.04 bits per heavy atom. The Morgan fingerprint density at radius 3 is 1.24 bits per heavy atom. The van der Waals surface area contributed by atoms with Gasteiger partial charge in [0.15, 0.2) is 5.75 Å². The minimum absolute atomic E-state index is 0. The molecule has 4 atom stereocenters. The average molecular weight is 720 g/mol. The largest absolute Gasteiger partial charge is 0.504 e. The van der Waals surface area contributed by atoms with Gasteiger partial charge in [0.2, 0.25) is 0 Å². The molecule has 0 heterocycles. The van der Waals surface area contributed by atoms with Crippen molar-refractivity contribution in [1.82, 2.24) is 0 Å². The molecule has 0 spiro atoms. The Hall–Kier alpha value is 4.76. The van der Waals surface area contributed by atoms with Crippen molar-refractivity contribution in [2.45, 2.75) is 26.2 Å². The molecule has 132 valence electrons. The Bertz CT molecular complexity index is 451. The molecule has 1 rings (SSSR count). The number of anilines is 2. The Labute approximate surface area is 264 Å². The molecule has 0 bridgehead atoms. The van der Waals surface area contributed by atoms with Crippen molar-refractivity contribution in [3.63, 3.8) is 0 Å². The number of rotatable bonds is 6. The number of aromatic hydroxyl groups is 1. The van der Waals surface area contributed by atoms with Crippen LogP contribution in [0.25, 0.3) is 0 Å². The molecule has 11 heteroatoms. The van der Waals surface area contributed by atoms with Crippen LogP contribution in [0.15, 0.2) is 12.1 Å². The second-order valence-electron chi connectivity index (χ2n) is 5.92. The van der Waals surface area contributed by atoms with E-state index in [2.05, 4.69) is 79.7 Å². The summed E-state index contributed by atoms with van der Waals surface area (Å²) in [6.45, 7) is 6.60. The van der Waals surface area contributed by atoms with E-state index >= 15 is 0 Å². The van der Waals surface area contributed by atoms with Gasteiger partial charge in [0.05, 0.1) is 11.4 Å². The fourth-order valence-corrected chi connectivity index (χ4v) is 4.04. The van der Waals surface area contributed by atoms with E-state index in [1.807, 2.05) is 0 Å². The van der Waals surface area contributed by atoms with Gasteiger partial charge in [-0.3, -0.25) is 0 Å². The zero-order valence-corrected chi connectivity index (χ0v) is 31.4. The molecule has 0 aromatic heterocycles. The first kappa shape index (κ1) is 37.1. The first-order valence-electron chi connectivity index (χ1n) is 6.97. The maximum Gasteiger partial charge on any atom is 0.162 e. The molecular weight excluding hydrogens is 692 g/mol. The third-order valence-electron chi connectivity index (χ3n) is 3.50. The summed E-state index contributed by atoms with van der Waals surface area (Å²) in [6, 6.07) is 4.22. The van der Waals surface area contributed by atoms with Gasteiger partial charge in [0.1, 0.15) is 0 Å². The van der Waals surface area contributed by atoms with Gasteiger partial charge in [-0.15, -0.1) is 37.0 Å². The molecule has 0 amide bonds. The van der Waals surface area contributed by atoms with Crippen molar-refractivity contribution >= 4 is 48.3 Å². The molecule has 1 aromatic rings. The number of phenols is 1. The minimum atomic E-state index is 0. The smallest absolute Gasteiger partial charge is 0.162 e. The fraction of sp³-hybridized carbons (Fsp3) is 0.571. The third kappa shape index (κ3) is 11.3. The average Bonchev–Trinajstić information content (AvgIpc) is 2.43. The van der Waals surface area contributed by atoms with Crippen LogP contribution in [0.5, 0.6) is 5.75 Å². The van der Waals surface area contributed by atoms with E-state index in [0.29, 0.717) is 5.75 Å². The fourth-order valence-electron chi connectivity index (χ4n) is 2.06. The maximum atomic E-state index is 10.7. The summed E-state index contributed by atoms with van der Waals surface area (Å²) in [4.78, 5) is 4.26. The van der Waals surface area contributed by atoms with E-state index in [9.17, 15) is 5.11 Å². The standard InChI is InChI=1S/C14H28N2OP4.4Y/c1-14(2,3)10-4-11(15(6-18)7-19)13(17)12(5-10)16(8-20)9-21;;;;/h4-5,17H,6-9,18-21H2,1-3H3;;;;. The molecule has 0 saturated heterocycles. The summed E-state index contributed by atoms with van der Waals surface area (Å²) in [7, 11) is 10.9. The van der Waals surface area contributed by atoms with Gasteiger partial charge >= 0.3 is 0 Å². The Kier molecular flexibility index (Phi) is 27.2. The summed E-state index contributed by atoms with van der Waals surface area (Å²) in [5.74, 6) is 0.359. The normalized spacial score (nSPS) is 9.72. The first-order valence-corrected chi connectivity index (χ1v) is 10.2. The monoisotopic (exact) mass is 720 g/mol. The summed E-state index contributed by atoms with van der Waals surface area (Å²) in [6.07, 6.45) is 3.13. The van der Waals surface area contributed by atoms with Crippen molar-refractivity contribution in [1.29, 1.82) is 0 Å². The predicted molar refractivity (Wildman–Crippen MR) is 110 cm³/mol. The molecule has 0 fully saturated rings. The van der Waals surface area contributed by atoms with Gasteiger partial charge in [-0.1, -0.05) is 20.8 Å². The van der Waals surface area contributed by atoms with Gasteiger partial charge in [-0.25, -0.2) is 0 Å². The number of hydrogen-bond acceptors (Lipinski definition) is 3. The van der Waals surface area contributed by atoms with Crippen LogP contribution in [-0.2, 0) is 136 Å². The predicted octanol–water partition coefficient (Wildman–Crippen LogP) is 3.62. The number of benzene rings is 1. The Balaban J connectivity index is -0.000000551. The second-order valence-corrected chi connectivity index (χ2v) is 7.38. The van der Waals surface area contributed by atoms with Crippen molar-refractivity contribution < 1.29 is 136 Å². The van der Waals surface area contributed by atoms with Gasteiger partial charge in [0, 0.05) is 156 Å². The van der Waals surface area contributed by atoms with E-state index in [0.717, 1.165) is 36.5 Å². The number of hydrogen-bond donors (Lipinski definition) is 1. The van der Waals surface area contributed by atoms with Crippen LogP contribution in [-0.4, -0.2) is 30.2 Å². The van der Waals surface area contributed by atoms with Crippen molar-refractivity contribution in [2.75, 3.05) is 34.9 Å². The summed E-state index contributed by atoms with van der Waals surface area (Å²) in [5.41, 5.74) is 3.06. The molecule has 25 heavy (non-hydrogen) atoms. The van der Waals surface area contributed by atoms with E-state index in [4.69, 9.17) is 0 Å². The Morgan fingerprint density at radius 1 is 0.760 bits per heavy atom. The van der Waals surface area contributed by atoms with Crippen LogP contribution in [0.4, 0.5) is 11.4 Å². The van der Waals surface area contributed by atoms with Crippen LogP contribution >= 0.6 is 37.0 Å². The molecular formula is C14H28N2OP4Y4. The SMILES string of the molecule is CC(C)(C)c1cc(N(CP)CP)c(O)c(N(CP)CP)c1.[Y].[Y].[Y].[Y]. The van der Waals surface area contributed by atoms with Crippen LogP contribution in [0, 0.1) is 0 Å². The van der Waals surface area contributed by atoms with Gasteiger partial charge < -0.3 is 14.9 Å². The van der Waals surface area contributed by atoms with Gasteiger partial charge in [-0.2, -0.15) is 0 Å².